The highest BCUT2D eigenvalue weighted by molar-refractivity contribution is 5.97. The Labute approximate surface area is 217 Å². The fourth-order valence-electron chi connectivity index (χ4n) is 5.94. The van der Waals surface area contributed by atoms with E-state index in [-0.39, 0.29) is 11.8 Å². The van der Waals surface area contributed by atoms with Gasteiger partial charge in [0, 0.05) is 57.1 Å². The van der Waals surface area contributed by atoms with E-state index in [9.17, 15) is 9.59 Å². The van der Waals surface area contributed by atoms with Gasteiger partial charge in [0.15, 0.2) is 0 Å². The number of likely N-dealkylation sites (tertiary alicyclic amines) is 1. The lowest BCUT2D eigenvalue weighted by Gasteiger charge is -2.36. The van der Waals surface area contributed by atoms with Gasteiger partial charge in [-0.1, -0.05) is 19.3 Å². The van der Waals surface area contributed by atoms with Crippen LogP contribution >= 0.6 is 0 Å². The monoisotopic (exact) mass is 498 g/mol. The van der Waals surface area contributed by atoms with Crippen molar-refractivity contribution >= 4 is 17.5 Å². The predicted molar refractivity (Wildman–Crippen MR) is 144 cm³/mol. The molecule has 3 aliphatic heterocycles. The van der Waals surface area contributed by atoms with Crippen LogP contribution in [0, 0.1) is 5.92 Å². The van der Waals surface area contributed by atoms with Gasteiger partial charge in [0.2, 0.25) is 5.91 Å². The SMILES string of the molecule is CC(=O)N1CCCCCCCN(C2CCOCC2)Cc2cc(C(=O)NCC3CCN(C)CC3)ccc21. The van der Waals surface area contributed by atoms with Crippen LogP contribution in [-0.4, -0.2) is 80.6 Å². The number of fused-ring (bicyclic) bond motifs is 1. The Kier molecular flexibility index (Phi) is 10.2. The smallest absolute Gasteiger partial charge is 0.251 e. The van der Waals surface area contributed by atoms with Gasteiger partial charge in [-0.3, -0.25) is 14.5 Å². The van der Waals surface area contributed by atoms with Crippen LogP contribution in [0.4, 0.5) is 5.69 Å². The molecule has 200 valence electrons. The molecular formula is C29H46N4O3. The largest absolute Gasteiger partial charge is 0.381 e. The summed E-state index contributed by atoms with van der Waals surface area (Å²) in [6, 6.07) is 6.45. The van der Waals surface area contributed by atoms with Crippen molar-refractivity contribution in [3.05, 3.63) is 29.3 Å². The zero-order valence-electron chi connectivity index (χ0n) is 22.5. The van der Waals surface area contributed by atoms with Crippen LogP contribution in [0.5, 0.6) is 0 Å². The van der Waals surface area contributed by atoms with E-state index < -0.39 is 0 Å². The number of anilines is 1. The number of hydrogen-bond donors (Lipinski definition) is 1. The van der Waals surface area contributed by atoms with E-state index in [0.717, 1.165) is 102 Å². The molecule has 2 fully saturated rings. The lowest BCUT2D eigenvalue weighted by molar-refractivity contribution is -0.116. The Morgan fingerprint density at radius 1 is 0.944 bits per heavy atom. The molecule has 0 aliphatic carbocycles. The Bertz CT molecular complexity index is 862. The number of amides is 2. The third kappa shape index (κ3) is 7.53. The molecule has 2 amide bonds. The van der Waals surface area contributed by atoms with Crippen molar-refractivity contribution in [1.29, 1.82) is 0 Å². The maximum atomic E-state index is 13.2. The molecule has 3 aliphatic rings. The summed E-state index contributed by atoms with van der Waals surface area (Å²) < 4.78 is 5.64. The van der Waals surface area contributed by atoms with E-state index in [2.05, 4.69) is 22.2 Å². The molecule has 0 saturated carbocycles. The van der Waals surface area contributed by atoms with Crippen molar-refractivity contribution in [1.82, 2.24) is 15.1 Å². The van der Waals surface area contributed by atoms with Crippen molar-refractivity contribution in [3.63, 3.8) is 0 Å². The number of carbonyl (C=O) groups excluding carboxylic acids is 2. The highest BCUT2D eigenvalue weighted by Crippen LogP contribution is 2.28. The first kappa shape index (κ1) is 27.1. The minimum Gasteiger partial charge on any atom is -0.381 e. The van der Waals surface area contributed by atoms with Gasteiger partial charge >= 0.3 is 0 Å². The molecule has 1 aromatic rings. The van der Waals surface area contributed by atoms with E-state index in [1.807, 2.05) is 23.1 Å². The summed E-state index contributed by atoms with van der Waals surface area (Å²) in [7, 11) is 2.16. The molecule has 3 heterocycles. The summed E-state index contributed by atoms with van der Waals surface area (Å²) in [5, 5.41) is 3.20. The normalized spacial score (nSPS) is 22.3. The molecule has 0 bridgehead atoms. The number of hydrogen-bond acceptors (Lipinski definition) is 5. The lowest BCUT2D eigenvalue weighted by Crippen LogP contribution is -2.40. The minimum atomic E-state index is -0.00478. The second kappa shape index (κ2) is 13.5. The third-order valence-corrected chi connectivity index (χ3v) is 8.31. The molecule has 7 heteroatoms. The van der Waals surface area contributed by atoms with E-state index in [0.29, 0.717) is 17.5 Å². The van der Waals surface area contributed by atoms with Crippen molar-refractivity contribution in [2.24, 2.45) is 5.92 Å². The highest BCUT2D eigenvalue weighted by atomic mass is 16.5. The molecule has 0 unspecified atom stereocenters. The number of ether oxygens (including phenoxy) is 1. The first-order valence-electron chi connectivity index (χ1n) is 14.2. The number of rotatable bonds is 4. The number of nitrogens with zero attached hydrogens (tertiary/aromatic N) is 3. The molecule has 4 rings (SSSR count). The molecule has 0 aromatic heterocycles. The summed E-state index contributed by atoms with van der Waals surface area (Å²) in [5.74, 6) is 0.617. The topological polar surface area (TPSA) is 65.1 Å². The molecule has 0 radical (unpaired) electrons. The summed E-state index contributed by atoms with van der Waals surface area (Å²) in [6.45, 7) is 8.77. The Hall–Kier alpha value is -1.96. The molecule has 1 N–H and O–H groups in total. The van der Waals surface area contributed by atoms with Crippen LogP contribution in [0.25, 0.3) is 0 Å². The number of nitrogens with one attached hydrogen (secondary N) is 1. The van der Waals surface area contributed by atoms with Gasteiger partial charge in [0.1, 0.15) is 0 Å². The predicted octanol–water partition coefficient (Wildman–Crippen LogP) is 4.06. The molecule has 7 nitrogen and oxygen atoms in total. The Morgan fingerprint density at radius 3 is 2.36 bits per heavy atom. The molecule has 0 spiro atoms. The van der Waals surface area contributed by atoms with Crippen molar-refractivity contribution in [3.8, 4) is 0 Å². The molecular weight excluding hydrogens is 452 g/mol. The van der Waals surface area contributed by atoms with Gasteiger partial charge in [0.25, 0.3) is 5.91 Å². The maximum Gasteiger partial charge on any atom is 0.251 e. The van der Waals surface area contributed by atoms with Gasteiger partial charge in [-0.2, -0.15) is 0 Å². The van der Waals surface area contributed by atoms with Crippen LogP contribution in [0.1, 0.15) is 80.6 Å². The number of piperidine rings is 1. The number of benzene rings is 1. The van der Waals surface area contributed by atoms with Gasteiger partial charge < -0.3 is 19.9 Å². The molecule has 36 heavy (non-hydrogen) atoms. The first-order chi connectivity index (χ1) is 17.5. The summed E-state index contributed by atoms with van der Waals surface area (Å²) >= 11 is 0. The van der Waals surface area contributed by atoms with Crippen LogP contribution < -0.4 is 10.2 Å². The number of carbonyl (C=O) groups is 2. The average molecular weight is 499 g/mol. The first-order valence-corrected chi connectivity index (χ1v) is 14.2. The second-order valence-corrected chi connectivity index (χ2v) is 11.1. The van der Waals surface area contributed by atoms with E-state index in [1.54, 1.807) is 6.92 Å². The molecule has 2 saturated heterocycles. The van der Waals surface area contributed by atoms with Crippen LogP contribution in [0.3, 0.4) is 0 Å². The van der Waals surface area contributed by atoms with Gasteiger partial charge in [-0.25, -0.2) is 0 Å². The third-order valence-electron chi connectivity index (χ3n) is 8.31. The maximum absolute atomic E-state index is 13.2. The van der Waals surface area contributed by atoms with Crippen LogP contribution in [0.15, 0.2) is 18.2 Å². The van der Waals surface area contributed by atoms with E-state index in [4.69, 9.17) is 4.74 Å². The van der Waals surface area contributed by atoms with E-state index in [1.165, 1.54) is 19.3 Å². The summed E-state index contributed by atoms with van der Waals surface area (Å²) in [5.41, 5.74) is 2.75. The van der Waals surface area contributed by atoms with Crippen LogP contribution in [-0.2, 0) is 16.1 Å². The second-order valence-electron chi connectivity index (χ2n) is 11.1. The van der Waals surface area contributed by atoms with Crippen molar-refractivity contribution < 1.29 is 14.3 Å². The van der Waals surface area contributed by atoms with Gasteiger partial charge in [-0.05, 0) is 94.9 Å². The van der Waals surface area contributed by atoms with Crippen molar-refractivity contribution in [2.45, 2.75) is 77.3 Å². The standard InChI is InChI=1S/C29H46N4O3/c1-23(34)33-15-7-5-3-4-6-14-32(27-12-18-36-19-13-27)22-26-20-25(8-9-28(26)33)29(35)30-21-24-10-16-31(2)17-11-24/h8-9,20,24,27H,3-7,10-19,21-22H2,1-2H3,(H,30,35). The summed E-state index contributed by atoms with van der Waals surface area (Å²) in [6.07, 6.45) is 10.2. The van der Waals surface area contributed by atoms with Gasteiger partial charge in [-0.15, -0.1) is 0 Å². The lowest BCUT2D eigenvalue weighted by atomic mass is 9.97. The highest BCUT2D eigenvalue weighted by Gasteiger charge is 2.25. The minimum absolute atomic E-state index is 0.00478. The zero-order chi connectivity index (χ0) is 25.3. The zero-order valence-corrected chi connectivity index (χ0v) is 22.5. The quantitative estimate of drug-likeness (QED) is 0.678. The molecule has 0 atom stereocenters. The average Bonchev–Trinajstić information content (AvgIpc) is 2.88. The Morgan fingerprint density at radius 2 is 1.64 bits per heavy atom. The van der Waals surface area contributed by atoms with Gasteiger partial charge in [0.05, 0.1) is 0 Å². The molecule has 1 aromatic carbocycles. The van der Waals surface area contributed by atoms with Crippen molar-refractivity contribution in [2.75, 3.05) is 57.9 Å². The van der Waals surface area contributed by atoms with E-state index >= 15 is 0 Å². The summed E-state index contributed by atoms with van der Waals surface area (Å²) in [4.78, 5) is 32.7. The Balaban J connectivity index is 1.56. The fraction of sp³-hybridized carbons (Fsp3) is 0.724. The van der Waals surface area contributed by atoms with Crippen LogP contribution in [0.2, 0.25) is 0 Å². The fourth-order valence-corrected chi connectivity index (χ4v) is 5.94.